The van der Waals surface area contributed by atoms with E-state index in [4.69, 9.17) is 23.2 Å². The molecular formula is C22H27Cl2N3O2S. The average molecular weight is 468 g/mol. The number of likely N-dealkylation sites (N-methyl/N-ethyl adjacent to an activating group) is 1. The maximum atomic E-state index is 13.1. The highest BCUT2D eigenvalue weighted by atomic mass is 35.5. The van der Waals surface area contributed by atoms with Crippen molar-refractivity contribution in [2.75, 3.05) is 38.1 Å². The first kappa shape index (κ1) is 24.4. The summed E-state index contributed by atoms with van der Waals surface area (Å²) in [5.74, 6) is 0.218. The number of halogens is 2. The summed E-state index contributed by atoms with van der Waals surface area (Å²) in [5, 5.41) is 3.55. The summed E-state index contributed by atoms with van der Waals surface area (Å²) in [4.78, 5) is 29.5. The maximum Gasteiger partial charge on any atom is 0.253 e. The second kappa shape index (κ2) is 11.5. The van der Waals surface area contributed by atoms with Crippen molar-refractivity contribution in [3.8, 4) is 0 Å². The molecule has 1 unspecified atom stereocenters. The molecule has 8 heteroatoms. The first-order valence-electron chi connectivity index (χ1n) is 9.49. The van der Waals surface area contributed by atoms with Crippen LogP contribution in [-0.2, 0) is 11.3 Å². The minimum atomic E-state index is -0.636. The zero-order chi connectivity index (χ0) is 22.3. The molecule has 0 aliphatic carbocycles. The van der Waals surface area contributed by atoms with Crippen molar-refractivity contribution in [2.24, 2.45) is 0 Å². The van der Waals surface area contributed by atoms with Gasteiger partial charge < -0.3 is 15.1 Å². The molecule has 0 heterocycles. The van der Waals surface area contributed by atoms with Crippen molar-refractivity contribution in [1.29, 1.82) is 0 Å². The number of nitrogens with zero attached hydrogens (tertiary/aromatic N) is 2. The Labute approximate surface area is 192 Å². The molecule has 2 aromatic rings. The average Bonchev–Trinajstić information content (AvgIpc) is 2.70. The summed E-state index contributed by atoms with van der Waals surface area (Å²) >= 11 is 13.7. The number of benzene rings is 2. The quantitative estimate of drug-likeness (QED) is 0.586. The third-order valence-corrected chi connectivity index (χ3v) is 5.83. The first-order chi connectivity index (χ1) is 14.2. The molecule has 1 atom stereocenters. The topological polar surface area (TPSA) is 52.7 Å². The Balaban J connectivity index is 2.10. The van der Waals surface area contributed by atoms with E-state index in [1.165, 1.54) is 6.07 Å². The van der Waals surface area contributed by atoms with Gasteiger partial charge in [-0.05, 0) is 54.3 Å². The van der Waals surface area contributed by atoms with Gasteiger partial charge in [-0.15, -0.1) is 0 Å². The van der Waals surface area contributed by atoms with Crippen molar-refractivity contribution >= 4 is 52.5 Å². The molecule has 2 rings (SSSR count). The highest BCUT2D eigenvalue weighted by Crippen LogP contribution is 2.21. The van der Waals surface area contributed by atoms with E-state index < -0.39 is 6.04 Å². The van der Waals surface area contributed by atoms with E-state index in [0.29, 0.717) is 23.6 Å². The molecule has 0 saturated carbocycles. The molecule has 0 aromatic heterocycles. The fourth-order valence-electron chi connectivity index (χ4n) is 2.92. The molecule has 162 valence electrons. The maximum absolute atomic E-state index is 13.1. The summed E-state index contributed by atoms with van der Waals surface area (Å²) in [6.45, 7) is 0.458. The van der Waals surface area contributed by atoms with Crippen molar-refractivity contribution in [3.05, 3.63) is 63.6 Å². The molecule has 1 N–H and O–H groups in total. The van der Waals surface area contributed by atoms with Crippen LogP contribution in [0, 0.1) is 0 Å². The number of carbonyl (C=O) groups is 2. The number of hydrogen-bond donors (Lipinski definition) is 1. The van der Waals surface area contributed by atoms with Gasteiger partial charge in [0, 0.05) is 38.4 Å². The van der Waals surface area contributed by atoms with Gasteiger partial charge in [-0.2, -0.15) is 11.8 Å². The smallest absolute Gasteiger partial charge is 0.253 e. The summed E-state index contributed by atoms with van der Waals surface area (Å²) in [7, 11) is 5.71. The fourth-order valence-corrected chi connectivity index (χ4v) is 3.89. The van der Waals surface area contributed by atoms with Crippen LogP contribution < -0.4 is 10.2 Å². The van der Waals surface area contributed by atoms with Crippen LogP contribution in [0.5, 0.6) is 0 Å². The molecule has 2 amide bonds. The highest BCUT2D eigenvalue weighted by Gasteiger charge is 2.25. The van der Waals surface area contributed by atoms with Gasteiger partial charge in [-0.25, -0.2) is 0 Å². The predicted octanol–water partition coefficient (Wildman–Crippen LogP) is 4.57. The van der Waals surface area contributed by atoms with Crippen LogP contribution in [0.1, 0.15) is 22.3 Å². The van der Waals surface area contributed by atoms with Crippen LogP contribution in [0.25, 0.3) is 0 Å². The van der Waals surface area contributed by atoms with Crippen LogP contribution in [0.2, 0.25) is 10.0 Å². The van der Waals surface area contributed by atoms with E-state index in [1.54, 1.807) is 35.8 Å². The number of nitrogens with one attached hydrogen (secondary N) is 1. The molecule has 0 spiro atoms. The monoisotopic (exact) mass is 467 g/mol. The van der Waals surface area contributed by atoms with Gasteiger partial charge >= 0.3 is 0 Å². The lowest BCUT2D eigenvalue weighted by Crippen LogP contribution is -2.47. The Morgan fingerprint density at radius 2 is 1.73 bits per heavy atom. The lowest BCUT2D eigenvalue weighted by atomic mass is 10.1. The second-order valence-electron chi connectivity index (χ2n) is 7.19. The SMILES string of the molecule is CSCCC(NC(=O)c1ccc(Cl)cc1Cl)C(=O)N(C)Cc1ccc(N(C)C)cc1. The normalized spacial score (nSPS) is 11.7. The molecule has 5 nitrogen and oxygen atoms in total. The molecule has 0 aliphatic heterocycles. The number of anilines is 1. The van der Waals surface area contributed by atoms with Gasteiger partial charge in [0.05, 0.1) is 10.6 Å². The van der Waals surface area contributed by atoms with Crippen LogP contribution in [0.15, 0.2) is 42.5 Å². The number of thioether (sulfide) groups is 1. The Morgan fingerprint density at radius 1 is 1.07 bits per heavy atom. The van der Waals surface area contributed by atoms with E-state index in [9.17, 15) is 9.59 Å². The summed E-state index contributed by atoms with van der Waals surface area (Å²) in [6, 6.07) is 12.1. The Morgan fingerprint density at radius 3 is 2.30 bits per heavy atom. The lowest BCUT2D eigenvalue weighted by molar-refractivity contribution is -0.132. The Bertz CT molecular complexity index is 875. The predicted molar refractivity (Wildman–Crippen MR) is 128 cm³/mol. The fraction of sp³-hybridized carbons (Fsp3) is 0.364. The van der Waals surface area contributed by atoms with Crippen molar-refractivity contribution in [1.82, 2.24) is 10.2 Å². The standard InChI is InChI=1S/C22H27Cl2N3O2S/c1-26(2)17-8-5-15(6-9-17)14-27(3)22(29)20(11-12-30-4)25-21(28)18-10-7-16(23)13-19(18)24/h5-10,13,20H,11-12,14H2,1-4H3,(H,25,28). The van der Waals surface area contributed by atoms with Gasteiger partial charge in [0.1, 0.15) is 6.04 Å². The molecule has 2 aromatic carbocycles. The van der Waals surface area contributed by atoms with Gasteiger partial charge in [0.15, 0.2) is 0 Å². The number of amides is 2. The van der Waals surface area contributed by atoms with E-state index in [-0.39, 0.29) is 16.8 Å². The van der Waals surface area contributed by atoms with Gasteiger partial charge in [0.2, 0.25) is 5.91 Å². The highest BCUT2D eigenvalue weighted by molar-refractivity contribution is 7.98. The molecule has 0 aliphatic rings. The number of rotatable bonds is 9. The Kier molecular flexibility index (Phi) is 9.34. The second-order valence-corrected chi connectivity index (χ2v) is 9.02. The molecule has 0 fully saturated rings. The summed E-state index contributed by atoms with van der Waals surface area (Å²) in [5.41, 5.74) is 2.41. The summed E-state index contributed by atoms with van der Waals surface area (Å²) in [6.07, 6.45) is 2.50. The van der Waals surface area contributed by atoms with Gasteiger partial charge in [0.25, 0.3) is 5.91 Å². The molecule has 0 bridgehead atoms. The van der Waals surface area contributed by atoms with Crippen LogP contribution in [-0.4, -0.2) is 55.9 Å². The van der Waals surface area contributed by atoms with Gasteiger partial charge in [-0.1, -0.05) is 35.3 Å². The number of hydrogen-bond acceptors (Lipinski definition) is 4. The van der Waals surface area contributed by atoms with E-state index in [0.717, 1.165) is 17.0 Å². The molecule has 0 saturated heterocycles. The van der Waals surface area contributed by atoms with E-state index in [2.05, 4.69) is 5.32 Å². The van der Waals surface area contributed by atoms with Crippen molar-refractivity contribution in [3.63, 3.8) is 0 Å². The molecule has 0 radical (unpaired) electrons. The zero-order valence-corrected chi connectivity index (χ0v) is 19.9. The van der Waals surface area contributed by atoms with Crippen molar-refractivity contribution in [2.45, 2.75) is 19.0 Å². The van der Waals surface area contributed by atoms with Gasteiger partial charge in [-0.3, -0.25) is 9.59 Å². The zero-order valence-electron chi connectivity index (χ0n) is 17.6. The first-order valence-corrected chi connectivity index (χ1v) is 11.6. The molecular weight excluding hydrogens is 441 g/mol. The molecule has 30 heavy (non-hydrogen) atoms. The van der Waals surface area contributed by atoms with E-state index >= 15 is 0 Å². The van der Waals surface area contributed by atoms with Crippen LogP contribution in [0.4, 0.5) is 5.69 Å². The van der Waals surface area contributed by atoms with Crippen LogP contribution >= 0.6 is 35.0 Å². The largest absolute Gasteiger partial charge is 0.378 e. The minimum Gasteiger partial charge on any atom is -0.378 e. The van der Waals surface area contributed by atoms with E-state index in [1.807, 2.05) is 49.5 Å². The Hall–Kier alpha value is -1.89. The van der Waals surface area contributed by atoms with Crippen molar-refractivity contribution < 1.29 is 9.59 Å². The third-order valence-electron chi connectivity index (χ3n) is 4.64. The number of carbonyl (C=O) groups excluding carboxylic acids is 2. The summed E-state index contributed by atoms with van der Waals surface area (Å²) < 4.78 is 0. The minimum absolute atomic E-state index is 0.140. The third kappa shape index (κ3) is 6.83. The van der Waals surface area contributed by atoms with Crippen LogP contribution in [0.3, 0.4) is 0 Å². The lowest BCUT2D eigenvalue weighted by Gasteiger charge is -2.25.